The molecular formula is C8H7Cl2N. The van der Waals surface area contributed by atoms with E-state index in [1.807, 2.05) is 6.07 Å². The maximum atomic E-state index is 5.99. The van der Waals surface area contributed by atoms with Gasteiger partial charge in [0.1, 0.15) is 0 Å². The van der Waals surface area contributed by atoms with Crippen molar-refractivity contribution < 1.29 is 0 Å². The minimum absolute atomic E-state index is 0.0729. The van der Waals surface area contributed by atoms with Crippen molar-refractivity contribution in [2.24, 2.45) is 0 Å². The molecule has 11 heavy (non-hydrogen) atoms. The second-order valence-electron chi connectivity index (χ2n) is 2.66. The van der Waals surface area contributed by atoms with Gasteiger partial charge in [-0.25, -0.2) is 0 Å². The molecule has 1 aromatic heterocycles. The molecular weight excluding hydrogens is 181 g/mol. The van der Waals surface area contributed by atoms with Gasteiger partial charge in [-0.15, -0.1) is 11.6 Å². The first-order valence-electron chi connectivity index (χ1n) is 3.56. The van der Waals surface area contributed by atoms with Crippen LogP contribution in [-0.2, 0) is 6.42 Å². The fraction of sp³-hybridized carbons (Fsp3) is 0.375. The van der Waals surface area contributed by atoms with Crippen LogP contribution in [-0.4, -0.2) is 4.98 Å². The van der Waals surface area contributed by atoms with Crippen LogP contribution in [0.2, 0.25) is 5.02 Å². The molecule has 58 valence electrons. The number of rotatable bonds is 0. The Bertz CT molecular complexity index is 285. The number of nitrogens with zero attached hydrogens (tertiary/aromatic N) is 1. The molecule has 1 aromatic rings. The number of alkyl halides is 1. The Hall–Kier alpha value is -0.270. The Morgan fingerprint density at radius 2 is 2.36 bits per heavy atom. The van der Waals surface area contributed by atoms with Gasteiger partial charge in [-0.05, 0) is 24.5 Å². The number of halogens is 2. The van der Waals surface area contributed by atoms with Crippen LogP contribution in [0.4, 0.5) is 0 Å². The predicted octanol–water partition coefficient (Wildman–Crippen LogP) is 2.96. The van der Waals surface area contributed by atoms with E-state index in [0.717, 1.165) is 29.1 Å². The predicted molar refractivity (Wildman–Crippen MR) is 46.2 cm³/mol. The fourth-order valence-corrected chi connectivity index (χ4v) is 1.95. The van der Waals surface area contributed by atoms with E-state index in [1.165, 1.54) is 0 Å². The van der Waals surface area contributed by atoms with E-state index in [1.54, 1.807) is 6.20 Å². The van der Waals surface area contributed by atoms with Crippen LogP contribution in [0.1, 0.15) is 23.1 Å². The maximum Gasteiger partial charge on any atom is 0.0763 e. The van der Waals surface area contributed by atoms with Gasteiger partial charge < -0.3 is 0 Å². The van der Waals surface area contributed by atoms with Crippen LogP contribution in [0.3, 0.4) is 0 Å². The summed E-state index contributed by atoms with van der Waals surface area (Å²) in [5.41, 5.74) is 2.10. The van der Waals surface area contributed by atoms with Crippen LogP contribution in [0, 0.1) is 0 Å². The highest BCUT2D eigenvalue weighted by Crippen LogP contribution is 2.37. The van der Waals surface area contributed by atoms with Crippen molar-refractivity contribution in [2.75, 3.05) is 0 Å². The van der Waals surface area contributed by atoms with Crippen molar-refractivity contribution in [3.63, 3.8) is 0 Å². The van der Waals surface area contributed by atoms with Gasteiger partial charge in [0.2, 0.25) is 0 Å². The second-order valence-corrected chi connectivity index (χ2v) is 3.60. The van der Waals surface area contributed by atoms with Crippen LogP contribution in [0.5, 0.6) is 0 Å². The molecule has 1 unspecified atom stereocenters. The normalized spacial score (nSPS) is 21.8. The van der Waals surface area contributed by atoms with E-state index < -0.39 is 0 Å². The lowest BCUT2D eigenvalue weighted by molar-refractivity contribution is 0.867. The first-order valence-corrected chi connectivity index (χ1v) is 4.38. The standard InChI is InChI=1S/C8H7Cl2N/c9-6-3-4-11-8-5(6)1-2-7(8)10/h3-4,7H,1-2H2. The smallest absolute Gasteiger partial charge is 0.0763 e. The van der Waals surface area contributed by atoms with Gasteiger partial charge >= 0.3 is 0 Å². The minimum atomic E-state index is 0.0729. The average Bonchev–Trinajstić information content (AvgIpc) is 2.35. The zero-order valence-electron chi connectivity index (χ0n) is 5.85. The fourth-order valence-electron chi connectivity index (χ4n) is 1.41. The third-order valence-corrected chi connectivity index (χ3v) is 2.76. The van der Waals surface area contributed by atoms with Crippen LogP contribution >= 0.6 is 23.2 Å². The molecule has 1 atom stereocenters. The summed E-state index contributed by atoms with van der Waals surface area (Å²) in [4.78, 5) is 4.18. The molecule has 1 heterocycles. The first kappa shape index (κ1) is 7.38. The van der Waals surface area contributed by atoms with E-state index in [0.29, 0.717) is 0 Å². The molecule has 3 heteroatoms. The van der Waals surface area contributed by atoms with E-state index in [9.17, 15) is 0 Å². The maximum absolute atomic E-state index is 5.99. The molecule has 1 aliphatic carbocycles. The van der Waals surface area contributed by atoms with E-state index in [4.69, 9.17) is 23.2 Å². The summed E-state index contributed by atoms with van der Waals surface area (Å²) in [6.45, 7) is 0. The Morgan fingerprint density at radius 3 is 3.09 bits per heavy atom. The van der Waals surface area contributed by atoms with Crippen LogP contribution in [0.15, 0.2) is 12.3 Å². The topological polar surface area (TPSA) is 12.9 Å². The third kappa shape index (κ3) is 1.13. The van der Waals surface area contributed by atoms with E-state index >= 15 is 0 Å². The summed E-state index contributed by atoms with van der Waals surface area (Å²) in [5, 5.41) is 0.877. The molecule has 0 N–H and O–H groups in total. The van der Waals surface area contributed by atoms with Gasteiger partial charge in [-0.2, -0.15) is 0 Å². The monoisotopic (exact) mass is 187 g/mol. The van der Waals surface area contributed by atoms with Crippen LogP contribution < -0.4 is 0 Å². The quantitative estimate of drug-likeness (QED) is 0.570. The summed E-state index contributed by atoms with van der Waals surface area (Å²) >= 11 is 11.9. The van der Waals surface area contributed by atoms with Gasteiger partial charge in [0.25, 0.3) is 0 Å². The third-order valence-electron chi connectivity index (χ3n) is 1.98. The van der Waals surface area contributed by atoms with Crippen molar-refractivity contribution >= 4 is 23.2 Å². The first-order chi connectivity index (χ1) is 5.29. The van der Waals surface area contributed by atoms with Crippen molar-refractivity contribution in [1.82, 2.24) is 4.98 Å². The molecule has 0 spiro atoms. The second kappa shape index (κ2) is 2.65. The zero-order valence-corrected chi connectivity index (χ0v) is 7.36. The number of pyridine rings is 1. The molecule has 0 bridgehead atoms. The summed E-state index contributed by atoms with van der Waals surface area (Å²) in [7, 11) is 0. The van der Waals surface area contributed by atoms with Crippen LogP contribution in [0.25, 0.3) is 0 Å². The number of hydrogen-bond acceptors (Lipinski definition) is 1. The SMILES string of the molecule is Clc1ccnc2c1CCC2Cl. The molecule has 0 aromatic carbocycles. The summed E-state index contributed by atoms with van der Waals surface area (Å²) in [6.07, 6.45) is 3.64. The molecule has 0 aliphatic heterocycles. The lowest BCUT2D eigenvalue weighted by Gasteiger charge is -2.00. The van der Waals surface area contributed by atoms with E-state index in [-0.39, 0.29) is 5.38 Å². The van der Waals surface area contributed by atoms with Crippen molar-refractivity contribution in [3.05, 3.63) is 28.5 Å². The summed E-state index contributed by atoms with van der Waals surface area (Å²) in [6, 6.07) is 1.81. The number of aromatic nitrogens is 1. The summed E-state index contributed by atoms with van der Waals surface area (Å²) in [5.74, 6) is 0. The Morgan fingerprint density at radius 1 is 1.55 bits per heavy atom. The van der Waals surface area contributed by atoms with Crippen molar-refractivity contribution in [2.45, 2.75) is 18.2 Å². The largest absolute Gasteiger partial charge is 0.259 e. The van der Waals surface area contributed by atoms with Gasteiger partial charge in [-0.1, -0.05) is 11.6 Å². The molecule has 0 radical (unpaired) electrons. The van der Waals surface area contributed by atoms with Gasteiger partial charge in [0.05, 0.1) is 11.1 Å². The highest BCUT2D eigenvalue weighted by Gasteiger charge is 2.23. The summed E-state index contributed by atoms with van der Waals surface area (Å²) < 4.78 is 0. The molecule has 2 rings (SSSR count). The Labute approximate surface area is 75.3 Å². The van der Waals surface area contributed by atoms with Crippen molar-refractivity contribution in [1.29, 1.82) is 0 Å². The van der Waals surface area contributed by atoms with Gasteiger partial charge in [-0.3, -0.25) is 4.98 Å². The highest BCUT2D eigenvalue weighted by atomic mass is 35.5. The molecule has 0 saturated heterocycles. The number of hydrogen-bond donors (Lipinski definition) is 0. The molecule has 1 nitrogen and oxygen atoms in total. The molecule has 0 amide bonds. The molecule has 0 fully saturated rings. The molecule has 0 saturated carbocycles. The van der Waals surface area contributed by atoms with E-state index in [2.05, 4.69) is 4.98 Å². The average molecular weight is 188 g/mol. The van der Waals surface area contributed by atoms with Gasteiger partial charge in [0, 0.05) is 11.2 Å². The van der Waals surface area contributed by atoms with Crippen molar-refractivity contribution in [3.8, 4) is 0 Å². The highest BCUT2D eigenvalue weighted by molar-refractivity contribution is 6.31. The minimum Gasteiger partial charge on any atom is -0.259 e. The van der Waals surface area contributed by atoms with Gasteiger partial charge in [0.15, 0.2) is 0 Å². The molecule has 1 aliphatic rings. The lowest BCUT2D eigenvalue weighted by Crippen LogP contribution is -1.88. The number of fused-ring (bicyclic) bond motifs is 1. The zero-order chi connectivity index (χ0) is 7.84. The lowest BCUT2D eigenvalue weighted by atomic mass is 10.2. The Balaban J connectivity index is 2.57. The Kier molecular flexibility index (Phi) is 1.78.